The fraction of sp³-hybridized carbons (Fsp3) is 0.115. The van der Waals surface area contributed by atoms with E-state index in [1.807, 2.05) is 6.92 Å². The van der Waals surface area contributed by atoms with Crippen molar-refractivity contribution in [1.29, 1.82) is 0 Å². The van der Waals surface area contributed by atoms with Crippen molar-refractivity contribution in [2.75, 3.05) is 5.32 Å². The van der Waals surface area contributed by atoms with Crippen molar-refractivity contribution in [3.8, 4) is 17.5 Å². The summed E-state index contributed by atoms with van der Waals surface area (Å²) in [6.45, 7) is 3.57. The molecule has 0 atom stereocenters. The van der Waals surface area contributed by atoms with Gasteiger partial charge in [-0.3, -0.25) is 4.79 Å². The third kappa shape index (κ3) is 5.18. The lowest BCUT2D eigenvalue weighted by Crippen LogP contribution is -2.14. The minimum atomic E-state index is -4.60. The monoisotopic (exact) mass is 501 g/mol. The first-order valence-corrected chi connectivity index (χ1v) is 11.0. The number of carbonyl (C=O) groups excluding carboxylic acids is 1. The second kappa shape index (κ2) is 9.23. The van der Waals surface area contributed by atoms with Crippen molar-refractivity contribution in [2.45, 2.75) is 20.0 Å². The van der Waals surface area contributed by atoms with Crippen molar-refractivity contribution in [3.63, 3.8) is 0 Å². The van der Waals surface area contributed by atoms with Gasteiger partial charge in [-0.1, -0.05) is 17.9 Å². The molecule has 0 saturated carbocycles. The number of nitrogens with zero attached hydrogens (tertiary/aromatic N) is 6. The number of hydrogen-bond acceptors (Lipinski definition) is 5. The van der Waals surface area contributed by atoms with Crippen LogP contribution in [0.3, 0.4) is 0 Å². The highest BCUT2D eigenvalue weighted by Gasteiger charge is 2.31. The van der Waals surface area contributed by atoms with E-state index < -0.39 is 17.6 Å². The molecule has 0 saturated heterocycles. The van der Waals surface area contributed by atoms with E-state index in [0.717, 1.165) is 17.7 Å². The molecular formula is C26H18F3N7O. The number of aromatic nitrogens is 6. The molecule has 5 aromatic rings. The van der Waals surface area contributed by atoms with Gasteiger partial charge in [0.15, 0.2) is 0 Å². The SMILES string of the molecule is Cc1cn(-c2cc(NC(=O)c3ccc(C)c(C#Cc4cnc5ncnn5c4)c3)cc(C(F)(F)F)c2)cn1. The third-order valence-electron chi connectivity index (χ3n) is 5.49. The van der Waals surface area contributed by atoms with Gasteiger partial charge in [-0.15, -0.1) is 0 Å². The van der Waals surface area contributed by atoms with Gasteiger partial charge in [0.2, 0.25) is 0 Å². The van der Waals surface area contributed by atoms with Crippen molar-refractivity contribution < 1.29 is 18.0 Å². The van der Waals surface area contributed by atoms with Crippen molar-refractivity contribution in [2.24, 2.45) is 0 Å². The molecule has 0 aliphatic carbocycles. The standard InChI is InChI=1S/C26H18F3N7O/c1-16-3-5-20(7-19(16)6-4-18-11-30-25-31-14-33-36(25)13-18)24(37)34-22-8-21(26(27,28)29)9-23(10-22)35-12-17(2)32-15-35/h3,5,7-15H,1-2H3,(H,34,37). The molecule has 0 fully saturated rings. The molecule has 5 rings (SSSR count). The lowest BCUT2D eigenvalue weighted by Gasteiger charge is -2.14. The Balaban J connectivity index is 1.43. The summed E-state index contributed by atoms with van der Waals surface area (Å²) >= 11 is 0. The van der Waals surface area contributed by atoms with Crippen molar-refractivity contribution in [3.05, 3.63) is 101 Å². The van der Waals surface area contributed by atoms with Gasteiger partial charge in [0.05, 0.1) is 23.1 Å². The van der Waals surface area contributed by atoms with Crippen molar-refractivity contribution >= 4 is 17.4 Å². The number of fused-ring (bicyclic) bond motifs is 1. The van der Waals surface area contributed by atoms with E-state index in [9.17, 15) is 18.0 Å². The average Bonchev–Trinajstić information content (AvgIpc) is 3.51. The Morgan fingerprint density at radius 2 is 1.84 bits per heavy atom. The average molecular weight is 501 g/mol. The maximum atomic E-state index is 13.6. The molecule has 0 spiro atoms. The van der Waals surface area contributed by atoms with Crippen LogP contribution in [0.15, 0.2) is 67.6 Å². The highest BCUT2D eigenvalue weighted by molar-refractivity contribution is 6.04. The molecule has 0 bridgehead atoms. The van der Waals surface area contributed by atoms with Crippen LogP contribution in [0.5, 0.6) is 0 Å². The van der Waals surface area contributed by atoms with E-state index >= 15 is 0 Å². The zero-order valence-corrected chi connectivity index (χ0v) is 19.6. The topological polar surface area (TPSA) is 90.0 Å². The first-order chi connectivity index (χ1) is 17.7. The minimum Gasteiger partial charge on any atom is -0.322 e. The molecule has 0 aliphatic rings. The maximum absolute atomic E-state index is 13.6. The van der Waals surface area contributed by atoms with Crippen LogP contribution in [-0.4, -0.2) is 35.0 Å². The Bertz CT molecular complexity index is 1710. The Kier molecular flexibility index (Phi) is 5.93. The predicted octanol–water partition coefficient (Wildman–Crippen LogP) is 4.60. The third-order valence-corrected chi connectivity index (χ3v) is 5.49. The number of rotatable bonds is 3. The van der Waals surface area contributed by atoms with Crippen LogP contribution in [-0.2, 0) is 6.18 Å². The molecule has 8 nitrogen and oxygen atoms in total. The normalized spacial score (nSPS) is 11.3. The number of imidazole rings is 1. The van der Waals surface area contributed by atoms with E-state index in [0.29, 0.717) is 22.6 Å². The Morgan fingerprint density at radius 1 is 1.00 bits per heavy atom. The van der Waals surface area contributed by atoms with Crippen molar-refractivity contribution in [1.82, 2.24) is 29.1 Å². The van der Waals surface area contributed by atoms with Gasteiger partial charge in [-0.2, -0.15) is 23.3 Å². The zero-order valence-electron chi connectivity index (χ0n) is 19.6. The number of amides is 1. The highest BCUT2D eigenvalue weighted by Crippen LogP contribution is 2.33. The van der Waals surface area contributed by atoms with Gasteiger partial charge in [-0.25, -0.2) is 14.5 Å². The second-order valence-corrected chi connectivity index (χ2v) is 8.27. The quantitative estimate of drug-likeness (QED) is 0.365. The molecule has 37 heavy (non-hydrogen) atoms. The molecular weight excluding hydrogens is 483 g/mol. The van der Waals surface area contributed by atoms with Crippen LogP contribution in [0.2, 0.25) is 0 Å². The summed E-state index contributed by atoms with van der Waals surface area (Å²) in [6.07, 6.45) is 3.05. The number of hydrogen-bond donors (Lipinski definition) is 1. The molecule has 3 heterocycles. The van der Waals surface area contributed by atoms with Crippen LogP contribution < -0.4 is 5.32 Å². The first kappa shape index (κ1) is 23.7. The minimum absolute atomic E-state index is 0.00148. The zero-order chi connectivity index (χ0) is 26.2. The van der Waals surface area contributed by atoms with Gasteiger partial charge in [0.1, 0.15) is 6.33 Å². The molecule has 2 aromatic carbocycles. The van der Waals surface area contributed by atoms with Gasteiger partial charge in [0, 0.05) is 41.1 Å². The number of halogens is 3. The van der Waals surface area contributed by atoms with Gasteiger partial charge >= 0.3 is 6.18 Å². The lowest BCUT2D eigenvalue weighted by atomic mass is 10.0. The molecule has 0 unspecified atom stereocenters. The Morgan fingerprint density at radius 3 is 2.59 bits per heavy atom. The molecule has 0 radical (unpaired) electrons. The fourth-order valence-electron chi connectivity index (χ4n) is 3.58. The van der Waals surface area contributed by atoms with Gasteiger partial charge in [-0.05, 0) is 49.7 Å². The van der Waals surface area contributed by atoms with E-state index in [1.165, 1.54) is 27.8 Å². The summed E-state index contributed by atoms with van der Waals surface area (Å²) in [5.41, 5.74) is 2.24. The Hall–Kier alpha value is -4.98. The van der Waals surface area contributed by atoms with Gasteiger partial charge in [0.25, 0.3) is 11.7 Å². The second-order valence-electron chi connectivity index (χ2n) is 8.27. The predicted molar refractivity (Wildman–Crippen MR) is 129 cm³/mol. The maximum Gasteiger partial charge on any atom is 0.416 e. The summed E-state index contributed by atoms with van der Waals surface area (Å²) in [5, 5.41) is 6.60. The number of nitrogens with one attached hydrogen (secondary N) is 1. The van der Waals surface area contributed by atoms with Crippen LogP contribution in [0.1, 0.15) is 38.3 Å². The number of aryl methyl sites for hydroxylation is 2. The summed E-state index contributed by atoms with van der Waals surface area (Å²) < 4.78 is 43.6. The molecule has 1 amide bonds. The molecule has 11 heteroatoms. The van der Waals surface area contributed by atoms with Gasteiger partial charge < -0.3 is 9.88 Å². The lowest BCUT2D eigenvalue weighted by molar-refractivity contribution is -0.137. The van der Waals surface area contributed by atoms with E-state index in [1.54, 1.807) is 43.7 Å². The van der Waals surface area contributed by atoms with E-state index in [4.69, 9.17) is 0 Å². The molecule has 3 aromatic heterocycles. The first-order valence-electron chi connectivity index (χ1n) is 11.0. The van der Waals surface area contributed by atoms with Crippen LogP contribution in [0, 0.1) is 25.7 Å². The summed E-state index contributed by atoms with van der Waals surface area (Å²) in [7, 11) is 0. The summed E-state index contributed by atoms with van der Waals surface area (Å²) in [4.78, 5) is 25.2. The van der Waals surface area contributed by atoms with E-state index in [2.05, 4.69) is 37.2 Å². The number of anilines is 1. The largest absolute Gasteiger partial charge is 0.416 e. The smallest absolute Gasteiger partial charge is 0.322 e. The molecule has 184 valence electrons. The van der Waals surface area contributed by atoms with Crippen LogP contribution in [0.25, 0.3) is 11.5 Å². The molecule has 0 aliphatic heterocycles. The summed E-state index contributed by atoms with van der Waals surface area (Å²) in [5.74, 6) is 5.88. The van der Waals surface area contributed by atoms with Crippen LogP contribution >= 0.6 is 0 Å². The number of benzene rings is 2. The highest BCUT2D eigenvalue weighted by atomic mass is 19.4. The molecule has 1 N–H and O–H groups in total. The summed E-state index contributed by atoms with van der Waals surface area (Å²) in [6, 6.07) is 8.26. The van der Waals surface area contributed by atoms with E-state index in [-0.39, 0.29) is 16.9 Å². The number of alkyl halides is 3. The fourth-order valence-corrected chi connectivity index (χ4v) is 3.58. The Labute approximate surface area is 208 Å². The van der Waals surface area contributed by atoms with Crippen LogP contribution in [0.4, 0.5) is 18.9 Å². The number of carbonyl (C=O) groups is 1.